The Morgan fingerprint density at radius 2 is 2.00 bits per heavy atom. The molecule has 0 spiro atoms. The van der Waals surface area contributed by atoms with Crippen LogP contribution in [0.3, 0.4) is 0 Å². The fraction of sp³-hybridized carbons (Fsp3) is 0.167. The quantitative estimate of drug-likeness (QED) is 0.883. The largest absolute Gasteiger partial charge is 0.467 e. The standard InChI is InChI=1S/C12H11Cl2NO/c1-7-4-5-16-12(7)11(15)9-3-2-8(13)6-10(9)14/h2-6,11H,15H2,1H3. The molecule has 2 N–H and O–H groups in total. The molecule has 0 radical (unpaired) electrons. The second-order valence-corrected chi connectivity index (χ2v) is 4.46. The van der Waals surface area contributed by atoms with Gasteiger partial charge in [-0.2, -0.15) is 0 Å². The molecular formula is C12H11Cl2NO. The minimum atomic E-state index is -0.361. The van der Waals surface area contributed by atoms with E-state index in [9.17, 15) is 0 Å². The molecule has 0 saturated heterocycles. The van der Waals surface area contributed by atoms with Gasteiger partial charge in [0.15, 0.2) is 0 Å². The number of halogens is 2. The summed E-state index contributed by atoms with van der Waals surface area (Å²) in [7, 11) is 0. The van der Waals surface area contributed by atoms with E-state index in [1.807, 2.05) is 19.1 Å². The Labute approximate surface area is 104 Å². The molecule has 84 valence electrons. The molecule has 0 bridgehead atoms. The van der Waals surface area contributed by atoms with Crippen LogP contribution >= 0.6 is 23.2 Å². The van der Waals surface area contributed by atoms with Gasteiger partial charge in [0, 0.05) is 10.0 Å². The van der Waals surface area contributed by atoms with Gasteiger partial charge in [-0.1, -0.05) is 29.3 Å². The third kappa shape index (κ3) is 2.09. The molecule has 0 amide bonds. The highest BCUT2D eigenvalue weighted by Crippen LogP contribution is 2.30. The summed E-state index contributed by atoms with van der Waals surface area (Å²) in [6.45, 7) is 1.95. The molecule has 1 unspecified atom stereocenters. The van der Waals surface area contributed by atoms with Crippen LogP contribution in [0, 0.1) is 6.92 Å². The predicted octanol–water partition coefficient (Wildman–Crippen LogP) is 3.94. The highest BCUT2D eigenvalue weighted by Gasteiger charge is 2.17. The molecule has 4 heteroatoms. The van der Waals surface area contributed by atoms with E-state index in [1.54, 1.807) is 18.4 Å². The Kier molecular flexibility index (Phi) is 3.24. The van der Waals surface area contributed by atoms with Crippen LogP contribution in [0.25, 0.3) is 0 Å². The van der Waals surface area contributed by atoms with Crippen molar-refractivity contribution in [1.82, 2.24) is 0 Å². The molecule has 0 aliphatic carbocycles. The van der Waals surface area contributed by atoms with Gasteiger partial charge in [-0.05, 0) is 36.2 Å². The van der Waals surface area contributed by atoms with Crippen molar-refractivity contribution in [2.45, 2.75) is 13.0 Å². The lowest BCUT2D eigenvalue weighted by atomic mass is 10.0. The van der Waals surface area contributed by atoms with Crippen LogP contribution in [-0.2, 0) is 0 Å². The van der Waals surface area contributed by atoms with Crippen LogP contribution in [0.4, 0.5) is 0 Å². The molecule has 1 aromatic carbocycles. The van der Waals surface area contributed by atoms with E-state index in [2.05, 4.69) is 0 Å². The molecule has 2 rings (SSSR count). The number of hydrogen-bond donors (Lipinski definition) is 1. The number of benzene rings is 1. The first-order chi connectivity index (χ1) is 7.59. The predicted molar refractivity (Wildman–Crippen MR) is 65.9 cm³/mol. The van der Waals surface area contributed by atoms with Gasteiger partial charge in [0.2, 0.25) is 0 Å². The maximum Gasteiger partial charge on any atom is 0.127 e. The van der Waals surface area contributed by atoms with Gasteiger partial charge in [0.1, 0.15) is 5.76 Å². The van der Waals surface area contributed by atoms with Crippen molar-refractivity contribution in [2.75, 3.05) is 0 Å². The number of nitrogens with two attached hydrogens (primary N) is 1. The van der Waals surface area contributed by atoms with Crippen LogP contribution in [0.2, 0.25) is 10.0 Å². The first kappa shape index (κ1) is 11.5. The Morgan fingerprint density at radius 1 is 1.25 bits per heavy atom. The van der Waals surface area contributed by atoms with E-state index in [4.69, 9.17) is 33.4 Å². The topological polar surface area (TPSA) is 39.2 Å². The minimum absolute atomic E-state index is 0.361. The van der Waals surface area contributed by atoms with Crippen molar-refractivity contribution in [1.29, 1.82) is 0 Å². The van der Waals surface area contributed by atoms with Crippen LogP contribution < -0.4 is 5.73 Å². The number of aryl methyl sites for hydroxylation is 1. The van der Waals surface area contributed by atoms with E-state index < -0.39 is 0 Å². The average molecular weight is 256 g/mol. The lowest BCUT2D eigenvalue weighted by Crippen LogP contribution is -2.12. The van der Waals surface area contributed by atoms with Crippen LogP contribution in [0.15, 0.2) is 34.9 Å². The fourth-order valence-corrected chi connectivity index (χ4v) is 2.12. The van der Waals surface area contributed by atoms with Gasteiger partial charge >= 0.3 is 0 Å². The Hall–Kier alpha value is -0.960. The summed E-state index contributed by atoms with van der Waals surface area (Å²) >= 11 is 11.9. The van der Waals surface area contributed by atoms with Crippen molar-refractivity contribution < 1.29 is 4.42 Å². The highest BCUT2D eigenvalue weighted by molar-refractivity contribution is 6.35. The first-order valence-corrected chi connectivity index (χ1v) is 5.59. The van der Waals surface area contributed by atoms with Gasteiger partial charge in [0.05, 0.1) is 12.3 Å². The fourth-order valence-electron chi connectivity index (χ4n) is 1.60. The van der Waals surface area contributed by atoms with Crippen LogP contribution in [-0.4, -0.2) is 0 Å². The smallest absolute Gasteiger partial charge is 0.127 e. The van der Waals surface area contributed by atoms with Gasteiger partial charge in [-0.15, -0.1) is 0 Å². The third-order valence-electron chi connectivity index (χ3n) is 2.48. The lowest BCUT2D eigenvalue weighted by Gasteiger charge is -2.12. The summed E-state index contributed by atoms with van der Waals surface area (Å²) in [4.78, 5) is 0. The zero-order valence-corrected chi connectivity index (χ0v) is 10.2. The second kappa shape index (κ2) is 4.50. The number of rotatable bonds is 2. The van der Waals surface area contributed by atoms with Crippen molar-refractivity contribution in [3.8, 4) is 0 Å². The molecule has 1 aromatic heterocycles. The van der Waals surface area contributed by atoms with E-state index in [0.29, 0.717) is 10.0 Å². The molecular weight excluding hydrogens is 245 g/mol. The molecule has 0 aliphatic rings. The van der Waals surface area contributed by atoms with Gasteiger partial charge in [-0.3, -0.25) is 0 Å². The summed E-state index contributed by atoms with van der Waals surface area (Å²) in [5.74, 6) is 0.726. The summed E-state index contributed by atoms with van der Waals surface area (Å²) in [5.41, 5.74) is 7.91. The van der Waals surface area contributed by atoms with Crippen molar-refractivity contribution in [3.63, 3.8) is 0 Å². The molecule has 16 heavy (non-hydrogen) atoms. The average Bonchev–Trinajstić information content (AvgIpc) is 2.63. The Bertz CT molecular complexity index is 507. The summed E-state index contributed by atoms with van der Waals surface area (Å²) in [5, 5.41) is 1.15. The van der Waals surface area contributed by atoms with E-state index in [1.165, 1.54) is 0 Å². The SMILES string of the molecule is Cc1ccoc1C(N)c1ccc(Cl)cc1Cl. The first-order valence-electron chi connectivity index (χ1n) is 4.84. The molecule has 1 atom stereocenters. The van der Waals surface area contributed by atoms with Crippen molar-refractivity contribution in [3.05, 3.63) is 57.5 Å². The lowest BCUT2D eigenvalue weighted by molar-refractivity contribution is 0.487. The maximum atomic E-state index is 6.09. The molecule has 1 heterocycles. The molecule has 0 aliphatic heterocycles. The third-order valence-corrected chi connectivity index (χ3v) is 3.04. The normalized spacial score (nSPS) is 12.8. The summed E-state index contributed by atoms with van der Waals surface area (Å²) in [6, 6.07) is 6.77. The number of furan rings is 1. The second-order valence-electron chi connectivity index (χ2n) is 3.61. The van der Waals surface area contributed by atoms with Gasteiger partial charge < -0.3 is 10.2 Å². The van der Waals surface area contributed by atoms with Gasteiger partial charge in [-0.25, -0.2) is 0 Å². The molecule has 2 nitrogen and oxygen atoms in total. The van der Waals surface area contributed by atoms with Crippen LogP contribution in [0.1, 0.15) is 22.9 Å². The summed E-state index contributed by atoms with van der Waals surface area (Å²) < 4.78 is 5.35. The number of hydrogen-bond acceptors (Lipinski definition) is 2. The monoisotopic (exact) mass is 255 g/mol. The van der Waals surface area contributed by atoms with Crippen molar-refractivity contribution in [2.24, 2.45) is 5.73 Å². The zero-order chi connectivity index (χ0) is 11.7. The highest BCUT2D eigenvalue weighted by atomic mass is 35.5. The maximum absolute atomic E-state index is 6.09. The molecule has 0 saturated carbocycles. The minimum Gasteiger partial charge on any atom is -0.467 e. The van der Waals surface area contributed by atoms with E-state index in [0.717, 1.165) is 16.9 Å². The van der Waals surface area contributed by atoms with Gasteiger partial charge in [0.25, 0.3) is 0 Å². The summed E-state index contributed by atoms with van der Waals surface area (Å²) in [6.07, 6.45) is 1.62. The molecule has 0 fully saturated rings. The van der Waals surface area contributed by atoms with E-state index >= 15 is 0 Å². The van der Waals surface area contributed by atoms with Crippen LogP contribution in [0.5, 0.6) is 0 Å². The zero-order valence-electron chi connectivity index (χ0n) is 8.71. The van der Waals surface area contributed by atoms with E-state index in [-0.39, 0.29) is 6.04 Å². The Morgan fingerprint density at radius 3 is 2.56 bits per heavy atom. The molecule has 2 aromatic rings. The Balaban J connectivity index is 2.41. The van der Waals surface area contributed by atoms with Crippen molar-refractivity contribution >= 4 is 23.2 Å².